The van der Waals surface area contributed by atoms with Crippen LogP contribution in [0.25, 0.3) is 0 Å². The molecule has 1 aliphatic carbocycles. The maximum Gasteiger partial charge on any atom is 0.231 e. The van der Waals surface area contributed by atoms with E-state index in [-0.39, 0.29) is 17.9 Å². The highest BCUT2D eigenvalue weighted by molar-refractivity contribution is 5.94. The van der Waals surface area contributed by atoms with Crippen LogP contribution in [0.2, 0.25) is 0 Å². The van der Waals surface area contributed by atoms with Gasteiger partial charge in [-0.2, -0.15) is 5.10 Å². The first-order valence-corrected chi connectivity index (χ1v) is 5.87. The van der Waals surface area contributed by atoms with E-state index < -0.39 is 0 Å². The normalized spacial score (nSPS) is 23.0. The molecule has 3 N–H and O–H groups in total. The minimum absolute atomic E-state index is 0.00287. The van der Waals surface area contributed by atoms with Crippen molar-refractivity contribution < 1.29 is 4.79 Å². The summed E-state index contributed by atoms with van der Waals surface area (Å²) in [7, 11) is 1.85. The fourth-order valence-corrected chi connectivity index (χ4v) is 2.05. The third-order valence-corrected chi connectivity index (χ3v) is 2.95. The molecular formula is C12H18N4O. The van der Waals surface area contributed by atoms with Crippen LogP contribution in [-0.4, -0.2) is 21.7 Å². The van der Waals surface area contributed by atoms with Gasteiger partial charge in [-0.25, -0.2) is 0 Å². The molecule has 0 fully saturated rings. The average molecular weight is 234 g/mol. The van der Waals surface area contributed by atoms with Crippen molar-refractivity contribution in [2.24, 2.45) is 18.7 Å². The van der Waals surface area contributed by atoms with Crippen LogP contribution in [0.4, 0.5) is 5.69 Å². The highest BCUT2D eigenvalue weighted by Crippen LogP contribution is 2.20. The molecule has 0 aromatic carbocycles. The van der Waals surface area contributed by atoms with E-state index in [0.29, 0.717) is 6.42 Å². The second kappa shape index (κ2) is 4.71. The van der Waals surface area contributed by atoms with Crippen LogP contribution in [0.3, 0.4) is 0 Å². The van der Waals surface area contributed by atoms with E-state index in [0.717, 1.165) is 17.8 Å². The smallest absolute Gasteiger partial charge is 0.231 e. The number of hydrogen-bond donors (Lipinski definition) is 2. The number of nitrogens with two attached hydrogens (primary N) is 1. The molecule has 5 heteroatoms. The Morgan fingerprint density at radius 1 is 1.65 bits per heavy atom. The lowest BCUT2D eigenvalue weighted by molar-refractivity contribution is -0.118. The van der Waals surface area contributed by atoms with Crippen LogP contribution in [0.5, 0.6) is 0 Å². The zero-order valence-corrected chi connectivity index (χ0v) is 10.2. The quantitative estimate of drug-likeness (QED) is 0.761. The molecule has 5 nitrogen and oxygen atoms in total. The summed E-state index contributed by atoms with van der Waals surface area (Å²) in [5, 5.41) is 7.20. The number of carbonyl (C=O) groups excluding carboxylic acids is 1. The Balaban J connectivity index is 2.05. The van der Waals surface area contributed by atoms with Crippen molar-refractivity contribution in [3.63, 3.8) is 0 Å². The van der Waals surface area contributed by atoms with Gasteiger partial charge in [-0.05, 0) is 12.8 Å². The first-order valence-electron chi connectivity index (χ1n) is 5.87. The number of aromatic nitrogens is 2. The zero-order valence-electron chi connectivity index (χ0n) is 10.2. The number of rotatable bonds is 3. The van der Waals surface area contributed by atoms with Crippen molar-refractivity contribution in [1.29, 1.82) is 0 Å². The van der Waals surface area contributed by atoms with Gasteiger partial charge in [-0.15, -0.1) is 0 Å². The summed E-state index contributed by atoms with van der Waals surface area (Å²) in [6.45, 7) is 2.02. The number of hydrogen-bond acceptors (Lipinski definition) is 3. The Morgan fingerprint density at radius 3 is 3.00 bits per heavy atom. The van der Waals surface area contributed by atoms with Crippen molar-refractivity contribution in [1.82, 2.24) is 9.78 Å². The molecule has 1 aliphatic rings. The van der Waals surface area contributed by atoms with E-state index in [1.54, 1.807) is 4.68 Å². The summed E-state index contributed by atoms with van der Waals surface area (Å²) in [4.78, 5) is 12.0. The lowest BCUT2D eigenvalue weighted by Crippen LogP contribution is -2.24. The first-order chi connectivity index (χ1) is 8.10. The van der Waals surface area contributed by atoms with Gasteiger partial charge in [0.25, 0.3) is 0 Å². The molecule has 0 aliphatic heterocycles. The Morgan fingerprint density at radius 2 is 2.41 bits per heavy atom. The molecule has 17 heavy (non-hydrogen) atoms. The molecule has 1 heterocycles. The van der Waals surface area contributed by atoms with Gasteiger partial charge in [0.15, 0.2) is 0 Å². The van der Waals surface area contributed by atoms with Crippen LogP contribution in [0.15, 0.2) is 18.3 Å². The Kier molecular flexibility index (Phi) is 3.28. The van der Waals surface area contributed by atoms with E-state index in [1.165, 1.54) is 0 Å². The highest BCUT2D eigenvalue weighted by atomic mass is 16.1. The Hall–Kier alpha value is -1.62. The summed E-state index contributed by atoms with van der Waals surface area (Å²) >= 11 is 0. The second-order valence-electron chi connectivity index (χ2n) is 4.40. The Bertz CT molecular complexity index is 449. The summed E-state index contributed by atoms with van der Waals surface area (Å²) in [6.07, 6.45) is 7.08. The summed E-state index contributed by atoms with van der Waals surface area (Å²) < 4.78 is 1.71. The zero-order chi connectivity index (χ0) is 12.4. The lowest BCUT2D eigenvalue weighted by atomic mass is 10.1. The molecule has 2 rings (SSSR count). The molecule has 0 saturated carbocycles. The number of anilines is 1. The van der Waals surface area contributed by atoms with Crippen molar-refractivity contribution in [2.75, 3.05) is 5.32 Å². The van der Waals surface area contributed by atoms with Crippen molar-refractivity contribution >= 4 is 11.6 Å². The molecule has 1 aromatic heterocycles. The lowest BCUT2D eigenvalue weighted by Gasteiger charge is -2.09. The number of nitrogens with one attached hydrogen (secondary N) is 1. The molecule has 0 bridgehead atoms. The van der Waals surface area contributed by atoms with Crippen molar-refractivity contribution in [2.45, 2.75) is 25.8 Å². The molecule has 1 aromatic rings. The van der Waals surface area contributed by atoms with Gasteiger partial charge in [-0.1, -0.05) is 19.1 Å². The summed E-state index contributed by atoms with van der Waals surface area (Å²) in [6, 6.07) is 0.00490. The standard InChI is InChI=1S/C12H18N4O/c1-3-10-11(7-16(2)15-10)14-12(17)8-4-5-9(13)6-8/h4-5,7-9H,3,6,13H2,1-2H3,(H,14,17). The monoisotopic (exact) mass is 234 g/mol. The number of nitrogens with zero attached hydrogens (tertiary/aromatic N) is 2. The van der Waals surface area contributed by atoms with Gasteiger partial charge in [0.05, 0.1) is 17.3 Å². The minimum atomic E-state index is -0.116. The van der Waals surface area contributed by atoms with Crippen LogP contribution >= 0.6 is 0 Å². The predicted molar refractivity (Wildman–Crippen MR) is 66.4 cm³/mol. The van der Waals surface area contributed by atoms with Gasteiger partial charge in [0.1, 0.15) is 0 Å². The van der Waals surface area contributed by atoms with Crippen LogP contribution in [0.1, 0.15) is 19.0 Å². The predicted octanol–water partition coefficient (Wildman–Crippen LogP) is 0.824. The fraction of sp³-hybridized carbons (Fsp3) is 0.500. The van der Waals surface area contributed by atoms with Crippen molar-refractivity contribution in [3.8, 4) is 0 Å². The molecule has 1 amide bonds. The number of carbonyl (C=O) groups is 1. The number of amides is 1. The first kappa shape index (κ1) is 11.9. The molecular weight excluding hydrogens is 216 g/mol. The van der Waals surface area contributed by atoms with Crippen LogP contribution in [-0.2, 0) is 18.3 Å². The van der Waals surface area contributed by atoms with E-state index in [9.17, 15) is 4.79 Å². The molecule has 92 valence electrons. The van der Waals surface area contributed by atoms with Crippen LogP contribution < -0.4 is 11.1 Å². The van der Waals surface area contributed by atoms with Gasteiger partial charge in [0, 0.05) is 19.3 Å². The SMILES string of the molecule is CCc1nn(C)cc1NC(=O)C1C=CC(N)C1. The molecule has 0 radical (unpaired) electrons. The molecule has 2 unspecified atom stereocenters. The second-order valence-corrected chi connectivity index (χ2v) is 4.40. The molecule has 0 spiro atoms. The third kappa shape index (κ3) is 2.55. The Labute approximate surface area is 101 Å². The van der Waals surface area contributed by atoms with E-state index >= 15 is 0 Å². The third-order valence-electron chi connectivity index (χ3n) is 2.95. The molecule has 2 atom stereocenters. The largest absolute Gasteiger partial charge is 0.324 e. The highest BCUT2D eigenvalue weighted by Gasteiger charge is 2.23. The summed E-state index contributed by atoms with van der Waals surface area (Å²) in [5.74, 6) is -0.119. The maximum absolute atomic E-state index is 12.0. The average Bonchev–Trinajstić information content (AvgIpc) is 2.85. The van der Waals surface area contributed by atoms with E-state index in [2.05, 4.69) is 10.4 Å². The van der Waals surface area contributed by atoms with Gasteiger partial charge >= 0.3 is 0 Å². The van der Waals surface area contributed by atoms with E-state index in [4.69, 9.17) is 5.73 Å². The van der Waals surface area contributed by atoms with Crippen LogP contribution in [0, 0.1) is 5.92 Å². The van der Waals surface area contributed by atoms with E-state index in [1.807, 2.05) is 32.3 Å². The van der Waals surface area contributed by atoms with Crippen molar-refractivity contribution in [3.05, 3.63) is 24.0 Å². The number of aryl methyl sites for hydroxylation is 2. The van der Waals surface area contributed by atoms with Gasteiger partial charge < -0.3 is 11.1 Å². The fourth-order valence-electron chi connectivity index (χ4n) is 2.05. The maximum atomic E-state index is 12.0. The minimum Gasteiger partial charge on any atom is -0.324 e. The summed E-state index contributed by atoms with van der Waals surface area (Å²) in [5.41, 5.74) is 7.44. The van der Waals surface area contributed by atoms with Gasteiger partial charge in [-0.3, -0.25) is 9.48 Å². The molecule has 0 saturated heterocycles. The van der Waals surface area contributed by atoms with Gasteiger partial charge in [0.2, 0.25) is 5.91 Å². The topological polar surface area (TPSA) is 72.9 Å².